The molecule has 0 radical (unpaired) electrons. The summed E-state index contributed by atoms with van der Waals surface area (Å²) in [4.78, 5) is 11.4. The van der Waals surface area contributed by atoms with Crippen molar-refractivity contribution in [2.75, 3.05) is 7.11 Å². The predicted octanol–water partition coefficient (Wildman–Crippen LogP) is 5.25. The lowest BCUT2D eigenvalue weighted by molar-refractivity contribution is 0.120. The van der Waals surface area contributed by atoms with Gasteiger partial charge in [-0.1, -0.05) is 35.4 Å². The Hall–Kier alpha value is -2.20. The van der Waals surface area contributed by atoms with Gasteiger partial charge in [0, 0.05) is 0 Å². The summed E-state index contributed by atoms with van der Waals surface area (Å²) in [6.45, 7) is 2.29. The molecule has 0 aromatic heterocycles. The number of benzene rings is 2. The first kappa shape index (κ1) is 16.7. The third-order valence-electron chi connectivity index (χ3n) is 3.99. The van der Waals surface area contributed by atoms with Crippen LogP contribution in [0.25, 0.3) is 0 Å². The Bertz CT molecular complexity index is 753. The molecule has 5 heteroatoms. The van der Waals surface area contributed by atoms with Crippen LogP contribution in [0.5, 0.6) is 11.5 Å². The van der Waals surface area contributed by atoms with Gasteiger partial charge in [-0.15, -0.1) is 0 Å². The van der Waals surface area contributed by atoms with Crippen molar-refractivity contribution in [2.24, 2.45) is 0 Å². The highest BCUT2D eigenvalue weighted by molar-refractivity contribution is 6.31. The third-order valence-corrected chi connectivity index (χ3v) is 4.34. The predicted molar refractivity (Wildman–Crippen MR) is 92.0 cm³/mol. The Morgan fingerprint density at radius 3 is 2.71 bits per heavy atom. The number of halogens is 1. The standard InChI is InChI=1S/C19H19ClO4/c1-12-6-9-17(14(10-12)13-7-8-13)23-11-15-16(20)4-3-5-18(15)24-19(21)22-2/h3-6,9-10,13H,7-8,11H2,1-2H3. The van der Waals surface area contributed by atoms with Crippen LogP contribution in [0.1, 0.15) is 35.4 Å². The van der Waals surface area contributed by atoms with Gasteiger partial charge in [0.25, 0.3) is 0 Å². The normalized spacial score (nSPS) is 13.5. The summed E-state index contributed by atoms with van der Waals surface area (Å²) in [6.07, 6.45) is 1.61. The van der Waals surface area contributed by atoms with Crippen LogP contribution in [-0.2, 0) is 11.3 Å². The van der Waals surface area contributed by atoms with E-state index in [1.54, 1.807) is 18.2 Å². The lowest BCUT2D eigenvalue weighted by Crippen LogP contribution is -2.10. The zero-order valence-electron chi connectivity index (χ0n) is 13.7. The van der Waals surface area contributed by atoms with Gasteiger partial charge in [0.05, 0.1) is 17.7 Å². The molecule has 0 amide bonds. The fraction of sp³-hybridized carbons (Fsp3) is 0.316. The molecular formula is C19H19ClO4. The zero-order chi connectivity index (χ0) is 17.1. The largest absolute Gasteiger partial charge is 0.513 e. The summed E-state index contributed by atoms with van der Waals surface area (Å²) < 4.78 is 15.7. The molecule has 0 saturated heterocycles. The minimum atomic E-state index is -0.785. The summed E-state index contributed by atoms with van der Waals surface area (Å²) >= 11 is 6.25. The molecule has 1 fully saturated rings. The van der Waals surface area contributed by atoms with E-state index in [1.165, 1.54) is 31.1 Å². The molecule has 2 aromatic carbocycles. The van der Waals surface area contributed by atoms with Gasteiger partial charge in [-0.25, -0.2) is 4.79 Å². The first-order chi connectivity index (χ1) is 11.6. The lowest BCUT2D eigenvalue weighted by Gasteiger charge is -2.15. The van der Waals surface area contributed by atoms with Crippen LogP contribution in [0, 0.1) is 6.92 Å². The van der Waals surface area contributed by atoms with Gasteiger partial charge in [-0.2, -0.15) is 0 Å². The summed E-state index contributed by atoms with van der Waals surface area (Å²) in [5.74, 6) is 1.78. The maximum absolute atomic E-state index is 11.4. The maximum atomic E-state index is 11.4. The molecule has 0 bridgehead atoms. The van der Waals surface area contributed by atoms with Crippen LogP contribution < -0.4 is 9.47 Å². The number of rotatable bonds is 5. The van der Waals surface area contributed by atoms with Crippen molar-refractivity contribution in [1.82, 2.24) is 0 Å². The first-order valence-electron chi connectivity index (χ1n) is 7.85. The second-order valence-corrected chi connectivity index (χ2v) is 6.28. The number of carbonyl (C=O) groups excluding carboxylic acids is 1. The highest BCUT2D eigenvalue weighted by Crippen LogP contribution is 2.45. The van der Waals surface area contributed by atoms with Crippen LogP contribution >= 0.6 is 11.6 Å². The molecule has 1 aliphatic carbocycles. The quantitative estimate of drug-likeness (QED) is 0.548. The molecule has 0 unspecified atom stereocenters. The van der Waals surface area contributed by atoms with Gasteiger partial charge in [-0.05, 0) is 49.4 Å². The molecule has 0 atom stereocenters. The van der Waals surface area contributed by atoms with Crippen LogP contribution in [-0.4, -0.2) is 13.3 Å². The second kappa shape index (κ2) is 7.14. The molecule has 1 saturated carbocycles. The topological polar surface area (TPSA) is 44.8 Å². The number of carbonyl (C=O) groups is 1. The highest BCUT2D eigenvalue weighted by atomic mass is 35.5. The Morgan fingerprint density at radius 1 is 1.21 bits per heavy atom. The van der Waals surface area contributed by atoms with Gasteiger partial charge in [0.1, 0.15) is 18.1 Å². The summed E-state index contributed by atoms with van der Waals surface area (Å²) in [6, 6.07) is 11.3. The molecule has 1 aliphatic rings. The van der Waals surface area contributed by atoms with Gasteiger partial charge in [-0.3, -0.25) is 0 Å². The highest BCUT2D eigenvalue weighted by Gasteiger charge is 2.27. The van der Waals surface area contributed by atoms with E-state index in [1.807, 2.05) is 12.1 Å². The van der Waals surface area contributed by atoms with Gasteiger partial charge in [0.15, 0.2) is 0 Å². The van der Waals surface area contributed by atoms with E-state index >= 15 is 0 Å². The van der Waals surface area contributed by atoms with E-state index in [2.05, 4.69) is 17.7 Å². The first-order valence-corrected chi connectivity index (χ1v) is 8.23. The van der Waals surface area contributed by atoms with E-state index < -0.39 is 6.16 Å². The fourth-order valence-corrected chi connectivity index (χ4v) is 2.79. The number of methoxy groups -OCH3 is 1. The average molecular weight is 347 g/mol. The number of hydrogen-bond donors (Lipinski definition) is 0. The summed E-state index contributed by atoms with van der Waals surface area (Å²) in [7, 11) is 1.26. The van der Waals surface area contributed by atoms with E-state index in [4.69, 9.17) is 21.1 Å². The molecule has 0 aliphatic heterocycles. The van der Waals surface area contributed by atoms with Crippen molar-refractivity contribution in [3.8, 4) is 11.5 Å². The van der Waals surface area contributed by atoms with Crippen LogP contribution in [0.2, 0.25) is 5.02 Å². The van der Waals surface area contributed by atoms with E-state index in [0.717, 1.165) is 5.75 Å². The van der Waals surface area contributed by atoms with Gasteiger partial charge < -0.3 is 14.2 Å². The minimum Gasteiger partial charge on any atom is -0.488 e. The van der Waals surface area contributed by atoms with Crippen LogP contribution in [0.3, 0.4) is 0 Å². The van der Waals surface area contributed by atoms with Crippen LogP contribution in [0.15, 0.2) is 36.4 Å². The lowest BCUT2D eigenvalue weighted by atomic mass is 10.1. The van der Waals surface area contributed by atoms with Crippen molar-refractivity contribution in [3.05, 3.63) is 58.1 Å². The van der Waals surface area contributed by atoms with E-state index in [0.29, 0.717) is 22.3 Å². The molecule has 24 heavy (non-hydrogen) atoms. The smallest absolute Gasteiger partial charge is 0.488 e. The molecule has 4 nitrogen and oxygen atoms in total. The van der Waals surface area contributed by atoms with Crippen LogP contribution in [0.4, 0.5) is 4.79 Å². The molecule has 2 aromatic rings. The van der Waals surface area contributed by atoms with E-state index in [9.17, 15) is 4.79 Å². The summed E-state index contributed by atoms with van der Waals surface area (Å²) in [5, 5.41) is 0.483. The minimum absolute atomic E-state index is 0.217. The third kappa shape index (κ3) is 3.82. The molecular weight excluding hydrogens is 328 g/mol. The molecule has 3 rings (SSSR count). The van der Waals surface area contributed by atoms with Crippen molar-refractivity contribution in [2.45, 2.75) is 32.3 Å². The molecule has 0 heterocycles. The van der Waals surface area contributed by atoms with E-state index in [-0.39, 0.29) is 6.61 Å². The maximum Gasteiger partial charge on any atom is 0.513 e. The average Bonchev–Trinajstić information content (AvgIpc) is 3.40. The fourth-order valence-electron chi connectivity index (χ4n) is 2.57. The Kier molecular flexibility index (Phi) is 4.95. The Morgan fingerprint density at radius 2 is 2.00 bits per heavy atom. The van der Waals surface area contributed by atoms with Gasteiger partial charge in [0.2, 0.25) is 0 Å². The Labute approximate surface area is 146 Å². The zero-order valence-corrected chi connectivity index (χ0v) is 14.4. The van der Waals surface area contributed by atoms with Gasteiger partial charge >= 0.3 is 6.16 Å². The number of aryl methyl sites for hydroxylation is 1. The monoisotopic (exact) mass is 346 g/mol. The molecule has 0 N–H and O–H groups in total. The number of ether oxygens (including phenoxy) is 3. The summed E-state index contributed by atoms with van der Waals surface area (Å²) in [5.41, 5.74) is 3.07. The SMILES string of the molecule is COC(=O)Oc1cccc(Cl)c1COc1ccc(C)cc1C1CC1. The van der Waals surface area contributed by atoms with Crippen molar-refractivity contribution < 1.29 is 19.0 Å². The second-order valence-electron chi connectivity index (χ2n) is 5.88. The number of hydrogen-bond acceptors (Lipinski definition) is 4. The van der Waals surface area contributed by atoms with Crippen molar-refractivity contribution in [1.29, 1.82) is 0 Å². The van der Waals surface area contributed by atoms with Crippen molar-refractivity contribution >= 4 is 17.8 Å². The van der Waals surface area contributed by atoms with Crippen molar-refractivity contribution in [3.63, 3.8) is 0 Å². The molecule has 0 spiro atoms. The molecule has 126 valence electrons. The Balaban J connectivity index is 1.81.